The van der Waals surface area contributed by atoms with Gasteiger partial charge in [-0.15, -0.1) is 5.82 Å². The van der Waals surface area contributed by atoms with Crippen LogP contribution in [0, 0.1) is 0 Å². The summed E-state index contributed by atoms with van der Waals surface area (Å²) in [5, 5.41) is 0. The van der Waals surface area contributed by atoms with E-state index in [1.54, 1.807) is 0 Å². The average molecular weight is 264 g/mol. The first-order chi connectivity index (χ1) is 9.82. The Morgan fingerprint density at radius 1 is 0.700 bits per heavy atom. The minimum absolute atomic E-state index is 0.605. The van der Waals surface area contributed by atoms with Crippen LogP contribution in [0.25, 0.3) is 0 Å². The molecule has 104 valence electrons. The number of hydrogen-bond acceptors (Lipinski definition) is 1. The van der Waals surface area contributed by atoms with Gasteiger partial charge in [0, 0.05) is 0 Å². The van der Waals surface area contributed by atoms with E-state index in [4.69, 9.17) is 5.64 Å². The van der Waals surface area contributed by atoms with Crippen molar-refractivity contribution in [2.24, 2.45) is 5.64 Å². The average Bonchev–Trinajstić information content (AvgIpc) is 2.56. The molecule has 0 aromatic heterocycles. The van der Waals surface area contributed by atoms with Gasteiger partial charge in [-0.25, -0.2) is 0 Å². The molecule has 2 heteroatoms. The van der Waals surface area contributed by atoms with E-state index in [-0.39, 0.29) is 0 Å². The van der Waals surface area contributed by atoms with Crippen molar-refractivity contribution in [3.8, 4) is 0 Å². The lowest BCUT2D eigenvalue weighted by molar-refractivity contribution is 0.494. The van der Waals surface area contributed by atoms with Gasteiger partial charge >= 0.3 is 0 Å². The van der Waals surface area contributed by atoms with Gasteiger partial charge in [0.05, 0.1) is 0 Å². The summed E-state index contributed by atoms with van der Waals surface area (Å²) in [6.07, 6.45) is 5.41. The van der Waals surface area contributed by atoms with E-state index in [1.165, 1.54) is 43.0 Å². The molecule has 0 amide bonds. The lowest BCUT2D eigenvalue weighted by Gasteiger charge is -2.47. The molecule has 0 heterocycles. The third-order valence-electron chi connectivity index (χ3n) is 5.10. The second-order valence-electron chi connectivity index (χ2n) is 6.22. The van der Waals surface area contributed by atoms with Gasteiger partial charge in [-0.1, -0.05) is 92.8 Å². The molecule has 0 radical (unpaired) electrons. The van der Waals surface area contributed by atoms with Crippen molar-refractivity contribution in [3.05, 3.63) is 60.7 Å². The molecule has 0 unspecified atom stereocenters. The van der Waals surface area contributed by atoms with Gasteiger partial charge in [0.15, 0.2) is 0 Å². The zero-order chi connectivity index (χ0) is 13.8. The minimum atomic E-state index is -1.13. The molecule has 0 atom stereocenters. The Bertz CT molecular complexity index is 492. The lowest BCUT2D eigenvalue weighted by atomic mass is 9.21. The van der Waals surface area contributed by atoms with E-state index in [1.807, 2.05) is 0 Å². The highest BCUT2D eigenvalue weighted by molar-refractivity contribution is 7.01. The molecule has 0 bridgehead atoms. The van der Waals surface area contributed by atoms with Crippen molar-refractivity contribution >= 4 is 17.2 Å². The fraction of sp³-hybridized carbons (Fsp3) is 0.333. The van der Waals surface area contributed by atoms with Crippen LogP contribution in [0.15, 0.2) is 60.7 Å². The maximum atomic E-state index is 7.08. The summed E-state index contributed by atoms with van der Waals surface area (Å²) < 4.78 is 0. The predicted molar refractivity (Wildman–Crippen MR) is 88.9 cm³/mol. The second kappa shape index (κ2) is 5.84. The van der Waals surface area contributed by atoms with Crippen molar-refractivity contribution in [2.75, 3.05) is 0 Å². The van der Waals surface area contributed by atoms with Crippen LogP contribution in [0.2, 0.25) is 5.82 Å². The van der Waals surface area contributed by atoms with Gasteiger partial charge in [-0.2, -0.15) is 10.9 Å². The summed E-state index contributed by atoms with van der Waals surface area (Å²) in [5.74, 6) is 0.605. The highest BCUT2D eigenvalue weighted by Crippen LogP contribution is 2.34. The fourth-order valence-corrected chi connectivity index (χ4v) is 3.94. The molecule has 2 N–H and O–H groups in total. The van der Waals surface area contributed by atoms with E-state index >= 15 is 0 Å². The van der Waals surface area contributed by atoms with Gasteiger partial charge in [0.2, 0.25) is 0 Å². The number of nitrogens with two attached hydrogens (primary N) is 1. The topological polar surface area (TPSA) is 26.0 Å². The summed E-state index contributed by atoms with van der Waals surface area (Å²) in [4.78, 5) is 0. The van der Waals surface area contributed by atoms with Crippen molar-refractivity contribution in [2.45, 2.75) is 37.9 Å². The third-order valence-corrected chi connectivity index (χ3v) is 5.10. The van der Waals surface area contributed by atoms with Crippen LogP contribution in [-0.4, -0.2) is 6.28 Å². The van der Waals surface area contributed by atoms with Crippen molar-refractivity contribution in [1.82, 2.24) is 0 Å². The second-order valence-corrected chi connectivity index (χ2v) is 6.22. The zero-order valence-corrected chi connectivity index (χ0v) is 12.0. The predicted octanol–water partition coefficient (Wildman–Crippen LogP) is 3.04. The first-order valence-electron chi connectivity index (χ1n) is 7.88. The van der Waals surface area contributed by atoms with E-state index < -0.39 is 6.28 Å². The molecule has 2 aromatic rings. The molecule has 0 saturated heterocycles. The Balaban J connectivity index is 2.07. The molecule has 20 heavy (non-hydrogen) atoms. The van der Waals surface area contributed by atoms with E-state index in [9.17, 15) is 0 Å². The van der Waals surface area contributed by atoms with Crippen LogP contribution in [0.1, 0.15) is 32.1 Å². The van der Waals surface area contributed by atoms with E-state index in [0.29, 0.717) is 5.82 Å². The van der Waals surface area contributed by atoms with Crippen LogP contribution in [0.4, 0.5) is 0 Å². The Morgan fingerprint density at radius 3 is 1.60 bits per heavy atom. The Kier molecular flexibility index (Phi) is 3.93. The summed E-state index contributed by atoms with van der Waals surface area (Å²) in [6, 6.07) is 21.5. The molecular weight excluding hydrogens is 241 g/mol. The van der Waals surface area contributed by atoms with Gasteiger partial charge in [0.25, 0.3) is 0 Å². The Morgan fingerprint density at radius 2 is 1.15 bits per heavy atom. The van der Waals surface area contributed by atoms with Gasteiger partial charge in [0.1, 0.15) is 6.28 Å². The van der Waals surface area contributed by atoms with Crippen LogP contribution in [0.3, 0.4) is 0 Å². The molecular formula is C18H23BN-. The highest BCUT2D eigenvalue weighted by Gasteiger charge is 2.32. The largest absolute Gasteiger partial charge is 0.494 e. The molecule has 1 saturated carbocycles. The summed E-state index contributed by atoms with van der Waals surface area (Å²) in [5.41, 5.74) is 9.70. The van der Waals surface area contributed by atoms with Crippen LogP contribution < -0.4 is 16.6 Å². The number of benzene rings is 2. The molecule has 1 nitrogen and oxygen atoms in total. The Labute approximate surface area is 122 Å². The van der Waals surface area contributed by atoms with Crippen molar-refractivity contribution in [3.63, 3.8) is 0 Å². The maximum absolute atomic E-state index is 7.08. The smallest absolute Gasteiger partial charge is 0.115 e. The quantitative estimate of drug-likeness (QED) is 0.847. The zero-order valence-electron chi connectivity index (χ0n) is 12.0. The molecule has 1 fully saturated rings. The Hall–Kier alpha value is -1.54. The van der Waals surface area contributed by atoms with Gasteiger partial charge in [-0.3, -0.25) is 0 Å². The van der Waals surface area contributed by atoms with Crippen molar-refractivity contribution < 1.29 is 0 Å². The molecule has 0 spiro atoms. The summed E-state index contributed by atoms with van der Waals surface area (Å²) in [7, 11) is 0. The SMILES string of the molecule is N[B-](c1ccccc1)(c1ccccc1)C1CCCCC1. The fourth-order valence-electron chi connectivity index (χ4n) is 3.94. The normalized spacial score (nSPS) is 17.1. The van der Waals surface area contributed by atoms with Gasteiger partial charge in [-0.05, 0) is 0 Å². The number of rotatable bonds is 3. The molecule has 1 aliphatic rings. The first kappa shape index (κ1) is 13.4. The third kappa shape index (κ3) is 2.40. The summed E-state index contributed by atoms with van der Waals surface area (Å²) in [6.45, 7) is 0. The van der Waals surface area contributed by atoms with Crippen LogP contribution in [-0.2, 0) is 0 Å². The standard InChI is InChI=1S/C18H23BN/c20-19(16-10-4-1-5-11-16,17-12-6-2-7-13-17)18-14-8-3-9-15-18/h1-2,4-7,10-13,18H,3,8-9,14-15,20H2/q-1. The first-order valence-corrected chi connectivity index (χ1v) is 7.88. The van der Waals surface area contributed by atoms with Gasteiger partial charge < -0.3 is 5.64 Å². The monoisotopic (exact) mass is 264 g/mol. The minimum Gasteiger partial charge on any atom is -0.494 e. The molecule has 3 rings (SSSR count). The maximum Gasteiger partial charge on any atom is 0.115 e. The highest BCUT2D eigenvalue weighted by atomic mass is 14.5. The lowest BCUT2D eigenvalue weighted by Crippen LogP contribution is -2.69. The van der Waals surface area contributed by atoms with E-state index in [2.05, 4.69) is 60.7 Å². The van der Waals surface area contributed by atoms with Crippen LogP contribution in [0.5, 0.6) is 0 Å². The number of hydrogen-bond donors (Lipinski definition) is 1. The molecule has 1 aliphatic carbocycles. The van der Waals surface area contributed by atoms with Crippen molar-refractivity contribution in [1.29, 1.82) is 0 Å². The molecule has 2 aromatic carbocycles. The van der Waals surface area contributed by atoms with Crippen LogP contribution >= 0.6 is 0 Å². The summed E-state index contributed by atoms with van der Waals surface area (Å²) >= 11 is 0. The molecule has 0 aliphatic heterocycles. The van der Waals surface area contributed by atoms with E-state index in [0.717, 1.165) is 0 Å².